The zero-order valence-corrected chi connectivity index (χ0v) is 11.7. The number of ether oxygens (including phenoxy) is 2. The number of para-hydroxylation sites is 2. The van der Waals surface area contributed by atoms with Gasteiger partial charge in [0.2, 0.25) is 5.91 Å². The molecule has 1 aliphatic heterocycles. The zero-order chi connectivity index (χ0) is 13.7. The maximum Gasteiger partial charge on any atom is 0.229 e. The molecule has 0 spiro atoms. The van der Waals surface area contributed by atoms with Crippen molar-refractivity contribution in [2.45, 2.75) is 25.9 Å². The Labute approximate surface area is 118 Å². The van der Waals surface area contributed by atoms with Gasteiger partial charge in [0.05, 0.1) is 12.0 Å². The van der Waals surface area contributed by atoms with Crippen LogP contribution in [0.25, 0.3) is 0 Å². The lowest BCUT2D eigenvalue weighted by Crippen LogP contribution is -2.45. The molecule has 0 aromatic heterocycles. The van der Waals surface area contributed by atoms with Crippen LogP contribution in [0.4, 0.5) is 0 Å². The number of carbonyl (C=O) groups excluding carboxylic acids is 1. The van der Waals surface area contributed by atoms with E-state index in [0.717, 1.165) is 30.9 Å². The number of fused-ring (bicyclic) bond motifs is 2. The normalized spacial score (nSPS) is 32.2. The van der Waals surface area contributed by atoms with Crippen LogP contribution in [0, 0.1) is 11.3 Å². The lowest BCUT2D eigenvalue weighted by molar-refractivity contribution is -0.136. The van der Waals surface area contributed by atoms with Crippen LogP contribution < -0.4 is 9.47 Å². The van der Waals surface area contributed by atoms with Crippen molar-refractivity contribution in [1.29, 1.82) is 0 Å². The molecule has 1 aromatic rings. The molecule has 0 saturated heterocycles. The number of carbonyl (C=O) groups is 1. The Bertz CT molecular complexity index is 550. The maximum atomic E-state index is 12.4. The van der Waals surface area contributed by atoms with Crippen LogP contribution in [-0.2, 0) is 4.79 Å². The van der Waals surface area contributed by atoms with Gasteiger partial charge in [-0.05, 0) is 37.8 Å². The van der Waals surface area contributed by atoms with Crippen LogP contribution >= 0.6 is 0 Å². The fourth-order valence-corrected chi connectivity index (χ4v) is 3.12. The Balaban J connectivity index is 1.42. The number of hydrogen-bond acceptors (Lipinski definition) is 3. The van der Waals surface area contributed by atoms with Crippen LogP contribution in [0.5, 0.6) is 11.5 Å². The zero-order valence-electron chi connectivity index (χ0n) is 11.7. The molecule has 3 aliphatic rings. The van der Waals surface area contributed by atoms with E-state index in [2.05, 4.69) is 0 Å². The molecule has 2 aliphatic carbocycles. The topological polar surface area (TPSA) is 38.8 Å². The average molecular weight is 273 g/mol. The molecule has 0 N–H and O–H groups in total. The van der Waals surface area contributed by atoms with E-state index in [0.29, 0.717) is 25.0 Å². The Kier molecular flexibility index (Phi) is 2.50. The summed E-state index contributed by atoms with van der Waals surface area (Å²) in [5.41, 5.74) is 0.0451. The highest BCUT2D eigenvalue weighted by Crippen LogP contribution is 2.75. The van der Waals surface area contributed by atoms with Gasteiger partial charge in [-0.15, -0.1) is 0 Å². The van der Waals surface area contributed by atoms with E-state index < -0.39 is 0 Å². The van der Waals surface area contributed by atoms with Gasteiger partial charge >= 0.3 is 0 Å². The molecule has 20 heavy (non-hydrogen) atoms. The Morgan fingerprint density at radius 2 is 2.05 bits per heavy atom. The predicted octanol–water partition coefficient (Wildman–Crippen LogP) is 2.08. The van der Waals surface area contributed by atoms with E-state index in [4.69, 9.17) is 9.47 Å². The molecule has 1 amide bonds. The van der Waals surface area contributed by atoms with E-state index >= 15 is 0 Å². The number of rotatable bonds is 4. The number of nitrogens with zero attached hydrogens (tertiary/aromatic N) is 1. The van der Waals surface area contributed by atoms with Gasteiger partial charge in [0.15, 0.2) is 17.6 Å². The SMILES string of the molecule is CCN(CC1COc2ccccc2O1)C(=O)C12CC1C2. The first-order valence-electron chi connectivity index (χ1n) is 7.41. The standard InChI is InChI=1S/C16H19NO3/c1-2-17(15(18)16-7-11(16)8-16)9-12-10-19-13-5-3-4-6-14(13)20-12/h3-6,11-12H,2,7-10H2,1H3. The molecule has 2 fully saturated rings. The van der Waals surface area contributed by atoms with Crippen molar-refractivity contribution in [2.24, 2.45) is 11.3 Å². The van der Waals surface area contributed by atoms with E-state index in [1.165, 1.54) is 0 Å². The Hall–Kier alpha value is -1.71. The summed E-state index contributed by atoms with van der Waals surface area (Å²) in [6, 6.07) is 7.69. The van der Waals surface area contributed by atoms with Gasteiger partial charge in [-0.3, -0.25) is 4.79 Å². The molecule has 0 bridgehead atoms. The summed E-state index contributed by atoms with van der Waals surface area (Å²) in [5, 5.41) is 0. The average Bonchev–Trinajstić information content (AvgIpc) is 3.33. The van der Waals surface area contributed by atoms with Crippen LogP contribution in [0.15, 0.2) is 24.3 Å². The third-order valence-corrected chi connectivity index (χ3v) is 4.77. The van der Waals surface area contributed by atoms with Crippen molar-refractivity contribution in [2.75, 3.05) is 19.7 Å². The fourth-order valence-electron chi connectivity index (χ4n) is 3.12. The molecular formula is C16H19NO3. The predicted molar refractivity (Wildman–Crippen MR) is 73.8 cm³/mol. The highest BCUT2D eigenvalue weighted by molar-refractivity contribution is 5.90. The number of amides is 1. The smallest absolute Gasteiger partial charge is 0.229 e. The first-order chi connectivity index (χ1) is 9.73. The summed E-state index contributed by atoms with van der Waals surface area (Å²) in [5.74, 6) is 2.59. The molecule has 2 saturated carbocycles. The van der Waals surface area contributed by atoms with Gasteiger partial charge in [0.25, 0.3) is 0 Å². The summed E-state index contributed by atoms with van der Waals surface area (Å²) < 4.78 is 11.7. The molecule has 4 rings (SSSR count). The molecule has 4 heteroatoms. The van der Waals surface area contributed by atoms with Crippen LogP contribution in [-0.4, -0.2) is 36.6 Å². The van der Waals surface area contributed by atoms with E-state index in [1.807, 2.05) is 36.1 Å². The van der Waals surface area contributed by atoms with Crippen molar-refractivity contribution in [3.63, 3.8) is 0 Å². The second kappa shape index (κ2) is 4.14. The van der Waals surface area contributed by atoms with Gasteiger partial charge in [-0.2, -0.15) is 0 Å². The fraction of sp³-hybridized carbons (Fsp3) is 0.562. The van der Waals surface area contributed by atoms with Crippen molar-refractivity contribution in [1.82, 2.24) is 4.90 Å². The summed E-state index contributed by atoms with van der Waals surface area (Å²) in [6.07, 6.45) is 2.14. The maximum absolute atomic E-state index is 12.4. The third-order valence-electron chi connectivity index (χ3n) is 4.77. The molecule has 0 radical (unpaired) electrons. The third kappa shape index (κ3) is 1.78. The van der Waals surface area contributed by atoms with Gasteiger partial charge < -0.3 is 14.4 Å². The largest absolute Gasteiger partial charge is 0.486 e. The van der Waals surface area contributed by atoms with Crippen molar-refractivity contribution in [3.05, 3.63) is 24.3 Å². The molecule has 4 nitrogen and oxygen atoms in total. The lowest BCUT2D eigenvalue weighted by Gasteiger charge is -2.31. The van der Waals surface area contributed by atoms with Crippen LogP contribution in [0.2, 0.25) is 0 Å². The molecule has 1 unspecified atom stereocenters. The minimum absolute atomic E-state index is 0.0451. The van der Waals surface area contributed by atoms with Crippen molar-refractivity contribution < 1.29 is 14.3 Å². The highest BCUT2D eigenvalue weighted by Gasteiger charge is 2.75. The van der Waals surface area contributed by atoms with Gasteiger partial charge in [-0.25, -0.2) is 0 Å². The lowest BCUT2D eigenvalue weighted by atomic mass is 10.1. The molecule has 1 aromatic carbocycles. The Morgan fingerprint density at radius 3 is 2.70 bits per heavy atom. The second-order valence-electron chi connectivity index (χ2n) is 6.10. The monoisotopic (exact) mass is 273 g/mol. The first-order valence-corrected chi connectivity index (χ1v) is 7.41. The van der Waals surface area contributed by atoms with E-state index in [-0.39, 0.29) is 11.5 Å². The number of likely N-dealkylation sites (N-methyl/N-ethyl adjacent to an activating group) is 1. The summed E-state index contributed by atoms with van der Waals surface area (Å²) >= 11 is 0. The van der Waals surface area contributed by atoms with Crippen molar-refractivity contribution >= 4 is 5.91 Å². The minimum Gasteiger partial charge on any atom is -0.486 e. The Morgan fingerprint density at radius 1 is 1.35 bits per heavy atom. The quantitative estimate of drug-likeness (QED) is 0.843. The van der Waals surface area contributed by atoms with Crippen LogP contribution in [0.1, 0.15) is 19.8 Å². The first kappa shape index (κ1) is 12.1. The minimum atomic E-state index is -0.0684. The molecule has 1 heterocycles. The number of hydrogen-bond donors (Lipinski definition) is 0. The summed E-state index contributed by atoms with van der Waals surface area (Å²) in [6.45, 7) is 3.91. The molecular weight excluding hydrogens is 254 g/mol. The van der Waals surface area contributed by atoms with Crippen molar-refractivity contribution in [3.8, 4) is 11.5 Å². The summed E-state index contributed by atoms with van der Waals surface area (Å²) in [4.78, 5) is 14.4. The summed E-state index contributed by atoms with van der Waals surface area (Å²) in [7, 11) is 0. The van der Waals surface area contributed by atoms with Gasteiger partial charge in [-0.1, -0.05) is 12.1 Å². The molecule has 106 valence electrons. The van der Waals surface area contributed by atoms with Crippen LogP contribution in [0.3, 0.4) is 0 Å². The van der Waals surface area contributed by atoms with E-state index in [9.17, 15) is 4.79 Å². The van der Waals surface area contributed by atoms with E-state index in [1.54, 1.807) is 0 Å². The highest BCUT2D eigenvalue weighted by atomic mass is 16.6. The number of benzene rings is 1. The molecule has 1 atom stereocenters. The van der Waals surface area contributed by atoms with Gasteiger partial charge in [0.1, 0.15) is 6.61 Å². The second-order valence-corrected chi connectivity index (χ2v) is 6.10. The van der Waals surface area contributed by atoms with Gasteiger partial charge in [0, 0.05) is 6.54 Å².